The van der Waals surface area contributed by atoms with Gasteiger partial charge in [-0.1, -0.05) is 0 Å². The summed E-state index contributed by atoms with van der Waals surface area (Å²) in [6.07, 6.45) is 1.38. The summed E-state index contributed by atoms with van der Waals surface area (Å²) in [6.45, 7) is 2.63. The van der Waals surface area contributed by atoms with Gasteiger partial charge in [-0.25, -0.2) is 19.0 Å². The highest BCUT2D eigenvalue weighted by Crippen LogP contribution is 2.25. The number of hydrogen-bond donors (Lipinski definition) is 1. The number of fused-ring (bicyclic) bond motifs is 1. The van der Waals surface area contributed by atoms with Gasteiger partial charge in [-0.2, -0.15) is 5.10 Å². The third kappa shape index (κ3) is 2.96. The zero-order valence-corrected chi connectivity index (χ0v) is 13.5. The summed E-state index contributed by atoms with van der Waals surface area (Å²) in [4.78, 5) is 20.5. The van der Waals surface area contributed by atoms with Crippen molar-refractivity contribution in [2.75, 3.05) is 18.5 Å². The fraction of sp³-hybridized carbons (Fsp3) is 0.294. The zero-order valence-electron chi connectivity index (χ0n) is 13.5. The predicted octanol–water partition coefficient (Wildman–Crippen LogP) is 1.69. The summed E-state index contributed by atoms with van der Waals surface area (Å²) in [7, 11) is 0. The highest BCUT2D eigenvalue weighted by atomic mass is 19.1. The molecule has 8 heteroatoms. The molecule has 2 atom stereocenters. The van der Waals surface area contributed by atoms with Gasteiger partial charge in [0, 0.05) is 17.5 Å². The first-order chi connectivity index (χ1) is 12.1. The van der Waals surface area contributed by atoms with Crippen molar-refractivity contribution in [2.24, 2.45) is 0 Å². The van der Waals surface area contributed by atoms with Crippen LogP contribution in [0.2, 0.25) is 0 Å². The van der Waals surface area contributed by atoms with Crippen LogP contribution in [-0.4, -0.2) is 39.0 Å². The van der Waals surface area contributed by atoms with Crippen LogP contribution in [0, 0.1) is 12.7 Å². The van der Waals surface area contributed by atoms with Gasteiger partial charge in [0.05, 0.1) is 30.5 Å². The first kappa shape index (κ1) is 15.6. The Hall–Kier alpha value is -2.87. The summed E-state index contributed by atoms with van der Waals surface area (Å²) >= 11 is 0. The van der Waals surface area contributed by atoms with Crippen molar-refractivity contribution in [1.29, 1.82) is 0 Å². The number of nitrogens with one attached hydrogen (secondary N) is 1. The van der Waals surface area contributed by atoms with Crippen molar-refractivity contribution < 1.29 is 9.13 Å². The van der Waals surface area contributed by atoms with E-state index in [1.54, 1.807) is 12.1 Å². The average Bonchev–Trinajstić information content (AvgIpc) is 3.05. The van der Waals surface area contributed by atoms with Crippen molar-refractivity contribution in [3.8, 4) is 0 Å². The fourth-order valence-electron chi connectivity index (χ4n) is 3.00. The Bertz CT molecular complexity index is 990. The van der Waals surface area contributed by atoms with Crippen molar-refractivity contribution in [3.63, 3.8) is 0 Å². The van der Waals surface area contributed by atoms with Crippen molar-refractivity contribution >= 4 is 16.7 Å². The number of hydrogen-bond acceptors (Lipinski definition) is 6. The van der Waals surface area contributed by atoms with Gasteiger partial charge in [-0.05, 0) is 25.1 Å². The Morgan fingerprint density at radius 2 is 2.12 bits per heavy atom. The molecule has 1 fully saturated rings. The number of halogens is 1. The van der Waals surface area contributed by atoms with E-state index in [0.29, 0.717) is 29.9 Å². The summed E-state index contributed by atoms with van der Waals surface area (Å²) in [6, 6.07) is 7.11. The lowest BCUT2D eigenvalue weighted by Crippen LogP contribution is -2.37. The topological polar surface area (TPSA) is 81.9 Å². The van der Waals surface area contributed by atoms with E-state index >= 15 is 0 Å². The van der Waals surface area contributed by atoms with E-state index in [1.807, 2.05) is 6.92 Å². The lowest BCUT2D eigenvalue weighted by atomic mass is 10.1. The predicted molar refractivity (Wildman–Crippen MR) is 90.0 cm³/mol. The normalized spacial score (nSPS) is 20.1. The van der Waals surface area contributed by atoms with Crippen LogP contribution in [0.25, 0.3) is 10.9 Å². The van der Waals surface area contributed by atoms with Crippen molar-refractivity contribution in [3.05, 3.63) is 58.5 Å². The molecular formula is C17H16FN5O2. The monoisotopic (exact) mass is 341 g/mol. The van der Waals surface area contributed by atoms with E-state index in [4.69, 9.17) is 4.74 Å². The van der Waals surface area contributed by atoms with Gasteiger partial charge >= 0.3 is 0 Å². The molecule has 1 aliphatic rings. The van der Waals surface area contributed by atoms with E-state index in [2.05, 4.69) is 20.4 Å². The molecule has 1 saturated heterocycles. The number of anilines is 1. The molecule has 1 aromatic carbocycles. The van der Waals surface area contributed by atoms with E-state index in [9.17, 15) is 9.18 Å². The fourth-order valence-corrected chi connectivity index (χ4v) is 3.00. The van der Waals surface area contributed by atoms with Crippen LogP contribution in [0.5, 0.6) is 0 Å². The molecule has 7 nitrogen and oxygen atoms in total. The number of aryl methyl sites for hydroxylation is 1. The van der Waals surface area contributed by atoms with Crippen LogP contribution in [-0.2, 0) is 4.74 Å². The lowest BCUT2D eigenvalue weighted by Gasteiger charge is -2.21. The molecule has 3 aromatic rings. The van der Waals surface area contributed by atoms with Crippen LogP contribution in [0.3, 0.4) is 0 Å². The van der Waals surface area contributed by atoms with Gasteiger partial charge in [0.15, 0.2) is 0 Å². The summed E-state index contributed by atoms with van der Waals surface area (Å²) < 4.78 is 20.4. The lowest BCUT2D eigenvalue weighted by molar-refractivity contribution is 0.182. The average molecular weight is 341 g/mol. The molecule has 0 amide bonds. The number of rotatable bonds is 3. The van der Waals surface area contributed by atoms with Gasteiger partial charge in [0.2, 0.25) is 0 Å². The molecule has 0 bridgehead atoms. The first-order valence-corrected chi connectivity index (χ1v) is 7.93. The van der Waals surface area contributed by atoms with E-state index < -0.39 is 0 Å². The molecule has 25 heavy (non-hydrogen) atoms. The van der Waals surface area contributed by atoms with E-state index in [-0.39, 0.29) is 23.5 Å². The summed E-state index contributed by atoms with van der Waals surface area (Å²) in [5.74, 6) is 0.223. The van der Waals surface area contributed by atoms with Crippen LogP contribution in [0.15, 0.2) is 41.5 Å². The second-order valence-corrected chi connectivity index (χ2v) is 6.00. The van der Waals surface area contributed by atoms with E-state index in [0.717, 1.165) is 5.69 Å². The van der Waals surface area contributed by atoms with Gasteiger partial charge in [-0.15, -0.1) is 0 Å². The second-order valence-electron chi connectivity index (χ2n) is 6.00. The maximum absolute atomic E-state index is 13.4. The van der Waals surface area contributed by atoms with Gasteiger partial charge in [-0.3, -0.25) is 4.79 Å². The van der Waals surface area contributed by atoms with Gasteiger partial charge in [0.25, 0.3) is 5.56 Å². The molecular weight excluding hydrogens is 325 g/mol. The van der Waals surface area contributed by atoms with Gasteiger partial charge < -0.3 is 10.1 Å². The summed E-state index contributed by atoms with van der Waals surface area (Å²) in [5.41, 5.74) is 1.09. The molecule has 4 rings (SSSR count). The van der Waals surface area contributed by atoms with Crippen molar-refractivity contribution in [2.45, 2.75) is 19.0 Å². The minimum atomic E-state index is -0.352. The highest BCUT2D eigenvalue weighted by Gasteiger charge is 2.32. The Morgan fingerprint density at radius 3 is 3.00 bits per heavy atom. The SMILES string of the molecule is Cc1ccc(=O)n(C2COCC2Nc2ncnc3cc(F)ccc23)n1. The maximum atomic E-state index is 13.4. The Labute approximate surface area is 142 Å². The largest absolute Gasteiger partial charge is 0.377 e. The van der Waals surface area contributed by atoms with Crippen LogP contribution in [0.1, 0.15) is 11.7 Å². The molecule has 2 unspecified atom stereocenters. The number of ether oxygens (including phenoxy) is 1. The van der Waals surface area contributed by atoms with E-state index in [1.165, 1.54) is 29.2 Å². The van der Waals surface area contributed by atoms with Gasteiger partial charge in [0.1, 0.15) is 24.0 Å². The molecule has 3 heterocycles. The molecule has 1 aliphatic heterocycles. The molecule has 0 spiro atoms. The molecule has 1 N–H and O–H groups in total. The standard InChI is InChI=1S/C17H16FN5O2/c1-10-2-5-16(24)23(22-10)15-8-25-7-14(15)21-17-12-4-3-11(18)6-13(12)19-9-20-17/h2-6,9,14-15H,7-8H2,1H3,(H,19,20,21). The summed E-state index contributed by atoms with van der Waals surface area (Å²) in [5, 5.41) is 8.33. The van der Waals surface area contributed by atoms with Crippen LogP contribution in [0.4, 0.5) is 10.2 Å². The van der Waals surface area contributed by atoms with Crippen LogP contribution < -0.4 is 10.9 Å². The number of nitrogens with zero attached hydrogens (tertiary/aromatic N) is 4. The van der Waals surface area contributed by atoms with Crippen molar-refractivity contribution in [1.82, 2.24) is 19.7 Å². The third-order valence-corrected chi connectivity index (χ3v) is 4.24. The molecule has 128 valence electrons. The molecule has 0 saturated carbocycles. The Balaban J connectivity index is 1.68. The number of aromatic nitrogens is 4. The molecule has 0 aliphatic carbocycles. The third-order valence-electron chi connectivity index (χ3n) is 4.24. The maximum Gasteiger partial charge on any atom is 0.267 e. The Kier molecular flexibility index (Phi) is 3.89. The minimum absolute atomic E-state index is 0.178. The molecule has 0 radical (unpaired) electrons. The molecule has 2 aromatic heterocycles. The quantitative estimate of drug-likeness (QED) is 0.781. The smallest absolute Gasteiger partial charge is 0.267 e. The zero-order chi connectivity index (χ0) is 17.4. The second kappa shape index (κ2) is 6.21. The Morgan fingerprint density at radius 1 is 1.24 bits per heavy atom. The highest BCUT2D eigenvalue weighted by molar-refractivity contribution is 5.88. The van der Waals surface area contributed by atoms with Crippen LogP contribution >= 0.6 is 0 Å². The minimum Gasteiger partial charge on any atom is -0.377 e. The first-order valence-electron chi connectivity index (χ1n) is 7.93. The number of benzene rings is 1.